The molecule has 5 rings (SSSR count). The first-order valence-electron chi connectivity index (χ1n) is 11.8. The second kappa shape index (κ2) is 10.4. The topological polar surface area (TPSA) is 76.1 Å². The first-order chi connectivity index (χ1) is 16.7. The van der Waals surface area contributed by atoms with Crippen molar-refractivity contribution in [2.75, 3.05) is 25.1 Å². The van der Waals surface area contributed by atoms with E-state index in [4.69, 9.17) is 4.74 Å². The molecule has 0 bridgehead atoms. The number of fused-ring (bicyclic) bond motifs is 1. The van der Waals surface area contributed by atoms with Gasteiger partial charge in [0, 0.05) is 43.4 Å². The SMILES string of the molecule is O=C(NCCc1ccc(-c2ccccc2)cc1)c1ccc2cnc(NC3CCOCC3)cc2n1. The van der Waals surface area contributed by atoms with Crippen LogP contribution in [-0.2, 0) is 11.2 Å². The molecule has 6 heteroatoms. The fourth-order valence-electron chi connectivity index (χ4n) is 4.18. The third-order valence-electron chi connectivity index (χ3n) is 6.14. The summed E-state index contributed by atoms with van der Waals surface area (Å²) in [6, 6.07) is 24.7. The van der Waals surface area contributed by atoms with Crippen molar-refractivity contribution in [1.29, 1.82) is 0 Å². The molecule has 6 nitrogen and oxygen atoms in total. The van der Waals surface area contributed by atoms with Crippen LogP contribution in [0, 0.1) is 0 Å². The van der Waals surface area contributed by atoms with E-state index in [-0.39, 0.29) is 5.91 Å². The summed E-state index contributed by atoms with van der Waals surface area (Å²) in [5.74, 6) is 0.613. The average Bonchev–Trinajstić information content (AvgIpc) is 2.90. The summed E-state index contributed by atoms with van der Waals surface area (Å²) < 4.78 is 5.42. The molecule has 1 amide bonds. The maximum Gasteiger partial charge on any atom is 0.269 e. The van der Waals surface area contributed by atoms with Crippen molar-refractivity contribution in [3.8, 4) is 11.1 Å². The lowest BCUT2D eigenvalue weighted by Gasteiger charge is -2.23. The Bertz CT molecular complexity index is 1250. The molecule has 0 unspecified atom stereocenters. The van der Waals surface area contributed by atoms with Crippen molar-refractivity contribution < 1.29 is 9.53 Å². The van der Waals surface area contributed by atoms with Crippen molar-refractivity contribution in [2.24, 2.45) is 0 Å². The fourth-order valence-corrected chi connectivity index (χ4v) is 4.18. The lowest BCUT2D eigenvalue weighted by atomic mass is 10.0. The van der Waals surface area contributed by atoms with Gasteiger partial charge in [-0.05, 0) is 48.1 Å². The van der Waals surface area contributed by atoms with Gasteiger partial charge in [-0.1, -0.05) is 54.6 Å². The molecule has 4 aromatic rings. The number of amides is 1. The molecule has 0 aliphatic carbocycles. The summed E-state index contributed by atoms with van der Waals surface area (Å²) in [7, 11) is 0. The molecule has 34 heavy (non-hydrogen) atoms. The van der Waals surface area contributed by atoms with Gasteiger partial charge in [-0.15, -0.1) is 0 Å². The molecular weight excluding hydrogens is 424 g/mol. The summed E-state index contributed by atoms with van der Waals surface area (Å²) in [5, 5.41) is 7.36. The summed E-state index contributed by atoms with van der Waals surface area (Å²) in [6.45, 7) is 2.09. The van der Waals surface area contributed by atoms with Crippen LogP contribution in [-0.4, -0.2) is 41.7 Å². The number of rotatable bonds is 7. The molecule has 1 fully saturated rings. The van der Waals surface area contributed by atoms with Gasteiger partial charge in [0.2, 0.25) is 0 Å². The second-order valence-corrected chi connectivity index (χ2v) is 8.56. The first kappa shape index (κ1) is 22.0. The zero-order valence-electron chi connectivity index (χ0n) is 19.0. The Labute approximate surface area is 199 Å². The number of benzene rings is 2. The van der Waals surface area contributed by atoms with Gasteiger partial charge in [0.25, 0.3) is 5.91 Å². The molecule has 1 saturated heterocycles. The van der Waals surface area contributed by atoms with Gasteiger partial charge in [-0.3, -0.25) is 4.79 Å². The quantitative estimate of drug-likeness (QED) is 0.419. The molecule has 2 aromatic carbocycles. The predicted octanol–water partition coefficient (Wildman–Crippen LogP) is 4.86. The van der Waals surface area contributed by atoms with E-state index in [9.17, 15) is 4.79 Å². The molecular formula is C28H28N4O2. The van der Waals surface area contributed by atoms with E-state index in [0.717, 1.165) is 49.2 Å². The Kier molecular flexibility index (Phi) is 6.77. The number of pyridine rings is 2. The molecule has 1 aliphatic heterocycles. The number of carbonyl (C=O) groups is 1. The molecule has 0 radical (unpaired) electrons. The van der Waals surface area contributed by atoms with E-state index in [1.54, 1.807) is 12.3 Å². The van der Waals surface area contributed by atoms with E-state index in [2.05, 4.69) is 57.0 Å². The number of aromatic nitrogens is 2. The van der Waals surface area contributed by atoms with Crippen molar-refractivity contribution in [1.82, 2.24) is 15.3 Å². The van der Waals surface area contributed by atoms with E-state index < -0.39 is 0 Å². The normalized spacial score (nSPS) is 14.1. The minimum Gasteiger partial charge on any atom is -0.381 e. The zero-order chi connectivity index (χ0) is 23.2. The highest BCUT2D eigenvalue weighted by atomic mass is 16.5. The first-order valence-corrected chi connectivity index (χ1v) is 11.8. The standard InChI is InChI=1S/C28H28N4O2/c33-28(29-15-12-20-6-8-22(9-7-20)21-4-2-1-3-5-21)25-11-10-23-19-30-27(18-26(23)32-25)31-24-13-16-34-17-14-24/h1-11,18-19,24H,12-17H2,(H,29,33)(H,30,31). The van der Waals surface area contributed by atoms with Gasteiger partial charge in [0.05, 0.1) is 5.52 Å². The van der Waals surface area contributed by atoms with Crippen LogP contribution in [0.4, 0.5) is 5.82 Å². The number of hydrogen-bond acceptors (Lipinski definition) is 5. The van der Waals surface area contributed by atoms with Gasteiger partial charge < -0.3 is 15.4 Å². The number of anilines is 1. The molecule has 0 saturated carbocycles. The number of hydrogen-bond donors (Lipinski definition) is 2. The molecule has 172 valence electrons. The molecule has 2 N–H and O–H groups in total. The van der Waals surface area contributed by atoms with Crippen molar-refractivity contribution in [2.45, 2.75) is 25.3 Å². The Balaban J connectivity index is 1.18. The molecule has 0 atom stereocenters. The van der Waals surface area contributed by atoms with Gasteiger partial charge >= 0.3 is 0 Å². The Morgan fingerprint density at radius 3 is 2.50 bits per heavy atom. The van der Waals surface area contributed by atoms with Crippen LogP contribution in [0.5, 0.6) is 0 Å². The van der Waals surface area contributed by atoms with Crippen molar-refractivity contribution >= 4 is 22.6 Å². The van der Waals surface area contributed by atoms with E-state index in [1.165, 1.54) is 16.7 Å². The number of carbonyl (C=O) groups excluding carboxylic acids is 1. The van der Waals surface area contributed by atoms with Crippen LogP contribution in [0.2, 0.25) is 0 Å². The summed E-state index contributed by atoms with van der Waals surface area (Å²) >= 11 is 0. The average molecular weight is 453 g/mol. The minimum absolute atomic E-state index is 0.168. The maximum atomic E-state index is 12.7. The van der Waals surface area contributed by atoms with Gasteiger partial charge in [-0.25, -0.2) is 9.97 Å². The van der Waals surface area contributed by atoms with E-state index in [1.807, 2.05) is 30.3 Å². The van der Waals surface area contributed by atoms with Crippen molar-refractivity contribution in [3.05, 3.63) is 90.3 Å². The molecule has 3 heterocycles. The highest BCUT2D eigenvalue weighted by Gasteiger charge is 2.14. The highest BCUT2D eigenvalue weighted by molar-refractivity contribution is 5.95. The van der Waals surface area contributed by atoms with E-state index >= 15 is 0 Å². The van der Waals surface area contributed by atoms with Crippen LogP contribution < -0.4 is 10.6 Å². The second-order valence-electron chi connectivity index (χ2n) is 8.56. The zero-order valence-corrected chi connectivity index (χ0v) is 19.0. The molecule has 2 aromatic heterocycles. The third-order valence-corrected chi connectivity index (χ3v) is 6.14. The van der Waals surface area contributed by atoms with Crippen LogP contribution in [0.25, 0.3) is 22.0 Å². The number of nitrogens with one attached hydrogen (secondary N) is 2. The van der Waals surface area contributed by atoms with Crippen LogP contribution in [0.15, 0.2) is 79.0 Å². The van der Waals surface area contributed by atoms with E-state index in [0.29, 0.717) is 18.3 Å². The van der Waals surface area contributed by atoms with Gasteiger partial charge in [0.1, 0.15) is 11.5 Å². The summed E-state index contributed by atoms with van der Waals surface area (Å²) in [5.41, 5.74) is 4.74. The van der Waals surface area contributed by atoms with Crippen LogP contribution in [0.3, 0.4) is 0 Å². The Morgan fingerprint density at radius 2 is 1.71 bits per heavy atom. The fraction of sp³-hybridized carbons (Fsp3) is 0.250. The highest BCUT2D eigenvalue weighted by Crippen LogP contribution is 2.20. The number of nitrogens with zero attached hydrogens (tertiary/aromatic N) is 2. The Hall–Kier alpha value is -3.77. The largest absolute Gasteiger partial charge is 0.381 e. The van der Waals surface area contributed by atoms with Gasteiger partial charge in [-0.2, -0.15) is 0 Å². The molecule has 1 aliphatic rings. The minimum atomic E-state index is -0.168. The van der Waals surface area contributed by atoms with Gasteiger partial charge in [0.15, 0.2) is 0 Å². The Morgan fingerprint density at radius 1 is 0.941 bits per heavy atom. The smallest absolute Gasteiger partial charge is 0.269 e. The maximum absolute atomic E-state index is 12.7. The lowest BCUT2D eigenvalue weighted by molar-refractivity contribution is 0.0903. The molecule has 0 spiro atoms. The van der Waals surface area contributed by atoms with Crippen LogP contribution in [0.1, 0.15) is 28.9 Å². The predicted molar refractivity (Wildman–Crippen MR) is 135 cm³/mol. The third kappa shape index (κ3) is 5.41. The van der Waals surface area contributed by atoms with Crippen molar-refractivity contribution in [3.63, 3.8) is 0 Å². The van der Waals surface area contributed by atoms with Crippen LogP contribution >= 0.6 is 0 Å². The number of ether oxygens (including phenoxy) is 1. The monoisotopic (exact) mass is 452 g/mol. The summed E-state index contributed by atoms with van der Waals surface area (Å²) in [6.07, 6.45) is 4.48. The lowest BCUT2D eigenvalue weighted by Crippen LogP contribution is -2.28. The summed E-state index contributed by atoms with van der Waals surface area (Å²) in [4.78, 5) is 21.8.